The van der Waals surface area contributed by atoms with Crippen molar-refractivity contribution in [3.63, 3.8) is 0 Å². The molecule has 1 aromatic carbocycles. The first kappa shape index (κ1) is 11.7. The lowest BCUT2D eigenvalue weighted by atomic mass is 10.1. The van der Waals surface area contributed by atoms with E-state index in [9.17, 15) is 9.59 Å². The van der Waals surface area contributed by atoms with Gasteiger partial charge < -0.3 is 11.1 Å². The molecule has 0 aliphatic heterocycles. The monoisotopic (exact) mass is 242 g/mol. The predicted molar refractivity (Wildman–Crippen MR) is 64.9 cm³/mol. The largest absolute Gasteiger partial charge is 0.366 e. The summed E-state index contributed by atoms with van der Waals surface area (Å²) in [5, 5.41) is 2.57. The Morgan fingerprint density at radius 3 is 2.61 bits per heavy atom. The van der Waals surface area contributed by atoms with Crippen LogP contribution in [0, 0.1) is 0 Å². The summed E-state index contributed by atoms with van der Waals surface area (Å²) in [5.74, 6) is -1.05. The number of primary amides is 1. The van der Waals surface area contributed by atoms with E-state index in [-0.39, 0.29) is 11.3 Å². The molecule has 2 rings (SSSR count). The molecular formula is C12H10N4O2. The van der Waals surface area contributed by atoms with Gasteiger partial charge in [0.2, 0.25) is 0 Å². The Kier molecular flexibility index (Phi) is 3.29. The number of para-hydroxylation sites is 1. The SMILES string of the molecule is NC(=O)c1ccccc1NC(=O)c1cnccn1. The van der Waals surface area contributed by atoms with E-state index in [2.05, 4.69) is 15.3 Å². The fourth-order valence-electron chi connectivity index (χ4n) is 1.41. The first-order chi connectivity index (χ1) is 8.68. The van der Waals surface area contributed by atoms with Crippen LogP contribution in [0.1, 0.15) is 20.8 Å². The van der Waals surface area contributed by atoms with E-state index < -0.39 is 11.8 Å². The molecule has 3 N–H and O–H groups in total. The van der Waals surface area contributed by atoms with Crippen molar-refractivity contribution in [2.24, 2.45) is 5.73 Å². The van der Waals surface area contributed by atoms with Gasteiger partial charge in [-0.3, -0.25) is 14.6 Å². The van der Waals surface area contributed by atoms with E-state index in [0.29, 0.717) is 5.69 Å². The van der Waals surface area contributed by atoms with E-state index >= 15 is 0 Å². The third-order valence-corrected chi connectivity index (χ3v) is 2.24. The number of nitrogens with one attached hydrogen (secondary N) is 1. The molecule has 0 radical (unpaired) electrons. The molecule has 0 bridgehead atoms. The van der Waals surface area contributed by atoms with Gasteiger partial charge in [0.15, 0.2) is 0 Å². The molecule has 2 amide bonds. The highest BCUT2D eigenvalue weighted by molar-refractivity contribution is 6.07. The number of hydrogen-bond acceptors (Lipinski definition) is 4. The summed E-state index contributed by atoms with van der Waals surface area (Å²) in [6.07, 6.45) is 4.21. The molecule has 0 fully saturated rings. The Hall–Kier alpha value is -2.76. The van der Waals surface area contributed by atoms with E-state index in [0.717, 1.165) is 0 Å². The van der Waals surface area contributed by atoms with Crippen LogP contribution in [-0.4, -0.2) is 21.8 Å². The van der Waals surface area contributed by atoms with Crippen molar-refractivity contribution in [3.05, 3.63) is 54.1 Å². The highest BCUT2D eigenvalue weighted by atomic mass is 16.2. The van der Waals surface area contributed by atoms with Gasteiger partial charge in [-0.2, -0.15) is 0 Å². The number of nitrogens with two attached hydrogens (primary N) is 1. The molecular weight excluding hydrogens is 232 g/mol. The Morgan fingerprint density at radius 1 is 1.17 bits per heavy atom. The van der Waals surface area contributed by atoms with Crippen LogP contribution in [-0.2, 0) is 0 Å². The first-order valence-corrected chi connectivity index (χ1v) is 5.14. The Balaban J connectivity index is 2.25. The molecule has 1 heterocycles. The first-order valence-electron chi connectivity index (χ1n) is 5.14. The van der Waals surface area contributed by atoms with E-state index in [1.54, 1.807) is 18.2 Å². The minimum absolute atomic E-state index is 0.164. The van der Waals surface area contributed by atoms with Crippen molar-refractivity contribution in [3.8, 4) is 0 Å². The maximum absolute atomic E-state index is 11.8. The van der Waals surface area contributed by atoms with E-state index in [1.807, 2.05) is 0 Å². The summed E-state index contributed by atoms with van der Waals surface area (Å²) in [5.41, 5.74) is 5.97. The molecule has 6 nitrogen and oxygen atoms in total. The quantitative estimate of drug-likeness (QED) is 0.832. The van der Waals surface area contributed by atoms with Crippen LogP contribution in [0.2, 0.25) is 0 Å². The summed E-state index contributed by atoms with van der Waals surface area (Å²) >= 11 is 0. The molecule has 90 valence electrons. The Morgan fingerprint density at radius 2 is 1.94 bits per heavy atom. The lowest BCUT2D eigenvalue weighted by Gasteiger charge is -2.07. The molecule has 0 saturated heterocycles. The number of hydrogen-bond donors (Lipinski definition) is 2. The van der Waals surface area contributed by atoms with Gasteiger partial charge >= 0.3 is 0 Å². The number of rotatable bonds is 3. The maximum Gasteiger partial charge on any atom is 0.275 e. The molecule has 6 heteroatoms. The van der Waals surface area contributed by atoms with Gasteiger partial charge in [0.1, 0.15) is 5.69 Å². The molecule has 0 atom stereocenters. The molecule has 0 unspecified atom stereocenters. The predicted octanol–water partition coefficient (Wildman–Crippen LogP) is 0.828. The van der Waals surface area contributed by atoms with Gasteiger partial charge in [0, 0.05) is 12.4 Å². The summed E-state index contributed by atoms with van der Waals surface area (Å²) in [7, 11) is 0. The van der Waals surface area contributed by atoms with Crippen molar-refractivity contribution in [1.29, 1.82) is 0 Å². The van der Waals surface area contributed by atoms with Crippen LogP contribution in [0.4, 0.5) is 5.69 Å². The van der Waals surface area contributed by atoms with Gasteiger partial charge in [-0.05, 0) is 12.1 Å². The lowest BCUT2D eigenvalue weighted by Crippen LogP contribution is -2.19. The fraction of sp³-hybridized carbons (Fsp3) is 0. The molecule has 0 aliphatic carbocycles. The van der Waals surface area contributed by atoms with Crippen molar-refractivity contribution >= 4 is 17.5 Å². The second-order valence-corrected chi connectivity index (χ2v) is 3.45. The number of nitrogens with zero attached hydrogens (tertiary/aromatic N) is 2. The summed E-state index contributed by atoms with van der Waals surface area (Å²) < 4.78 is 0. The van der Waals surface area contributed by atoms with Gasteiger partial charge in [-0.15, -0.1) is 0 Å². The molecule has 2 aromatic rings. The van der Waals surface area contributed by atoms with Crippen LogP contribution in [0.5, 0.6) is 0 Å². The molecule has 1 aromatic heterocycles. The number of benzene rings is 1. The van der Waals surface area contributed by atoms with Gasteiger partial charge in [0.25, 0.3) is 11.8 Å². The lowest BCUT2D eigenvalue weighted by molar-refractivity contribution is 0.100. The zero-order chi connectivity index (χ0) is 13.0. The average molecular weight is 242 g/mol. The second-order valence-electron chi connectivity index (χ2n) is 3.45. The zero-order valence-corrected chi connectivity index (χ0v) is 9.33. The van der Waals surface area contributed by atoms with E-state index in [4.69, 9.17) is 5.73 Å². The van der Waals surface area contributed by atoms with Gasteiger partial charge in [-0.1, -0.05) is 12.1 Å². The Bertz CT molecular complexity index is 584. The van der Waals surface area contributed by atoms with Gasteiger partial charge in [0.05, 0.1) is 17.4 Å². The van der Waals surface area contributed by atoms with Crippen LogP contribution in [0.15, 0.2) is 42.9 Å². The Labute approximate surface area is 103 Å². The summed E-state index contributed by atoms with van der Waals surface area (Å²) in [6, 6.07) is 6.49. The average Bonchev–Trinajstić information content (AvgIpc) is 2.40. The highest BCUT2D eigenvalue weighted by Gasteiger charge is 2.12. The highest BCUT2D eigenvalue weighted by Crippen LogP contribution is 2.14. The topological polar surface area (TPSA) is 98.0 Å². The minimum Gasteiger partial charge on any atom is -0.366 e. The van der Waals surface area contributed by atoms with Crippen molar-refractivity contribution < 1.29 is 9.59 Å². The number of carbonyl (C=O) groups is 2. The van der Waals surface area contributed by atoms with Crippen LogP contribution >= 0.6 is 0 Å². The summed E-state index contributed by atoms with van der Waals surface area (Å²) in [4.78, 5) is 30.7. The fourth-order valence-corrected chi connectivity index (χ4v) is 1.41. The van der Waals surface area contributed by atoms with Crippen molar-refractivity contribution in [2.75, 3.05) is 5.32 Å². The molecule has 18 heavy (non-hydrogen) atoms. The summed E-state index contributed by atoms with van der Waals surface area (Å²) in [6.45, 7) is 0. The minimum atomic E-state index is -0.606. The molecule has 0 spiro atoms. The van der Waals surface area contributed by atoms with Crippen molar-refractivity contribution in [2.45, 2.75) is 0 Å². The number of aromatic nitrogens is 2. The van der Waals surface area contributed by atoms with Crippen molar-refractivity contribution in [1.82, 2.24) is 9.97 Å². The standard InChI is InChI=1S/C12H10N4O2/c13-11(17)8-3-1-2-4-9(8)16-12(18)10-7-14-5-6-15-10/h1-7H,(H2,13,17)(H,16,18). The number of carbonyl (C=O) groups excluding carboxylic acids is 2. The molecule has 0 saturated carbocycles. The third kappa shape index (κ3) is 2.49. The second kappa shape index (κ2) is 5.05. The zero-order valence-electron chi connectivity index (χ0n) is 9.33. The smallest absolute Gasteiger partial charge is 0.275 e. The third-order valence-electron chi connectivity index (χ3n) is 2.24. The number of anilines is 1. The van der Waals surface area contributed by atoms with Crippen LogP contribution in [0.3, 0.4) is 0 Å². The number of amides is 2. The van der Waals surface area contributed by atoms with Crippen LogP contribution < -0.4 is 11.1 Å². The van der Waals surface area contributed by atoms with Crippen LogP contribution in [0.25, 0.3) is 0 Å². The van der Waals surface area contributed by atoms with Gasteiger partial charge in [-0.25, -0.2) is 4.98 Å². The normalized spacial score (nSPS) is 9.78. The van der Waals surface area contributed by atoms with E-state index in [1.165, 1.54) is 24.7 Å². The molecule has 0 aliphatic rings. The maximum atomic E-state index is 11.8.